The lowest BCUT2D eigenvalue weighted by Gasteiger charge is -2.11. The Bertz CT molecular complexity index is 895. The van der Waals surface area contributed by atoms with Gasteiger partial charge < -0.3 is 0 Å². The van der Waals surface area contributed by atoms with Crippen molar-refractivity contribution in [3.63, 3.8) is 0 Å². The highest BCUT2D eigenvalue weighted by Gasteiger charge is 2.09. The van der Waals surface area contributed by atoms with Crippen molar-refractivity contribution in [2.45, 2.75) is 6.54 Å². The van der Waals surface area contributed by atoms with E-state index in [0.29, 0.717) is 17.4 Å². The minimum atomic E-state index is -0.399. The molecule has 0 saturated heterocycles. The first kappa shape index (κ1) is 16.2. The molecule has 24 heavy (non-hydrogen) atoms. The van der Waals surface area contributed by atoms with Crippen LogP contribution in [0.4, 0.5) is 5.95 Å². The zero-order chi connectivity index (χ0) is 16.9. The molecule has 1 aromatic heterocycles. The minimum absolute atomic E-state index is 0.212. The van der Waals surface area contributed by atoms with Gasteiger partial charge in [-0.3, -0.25) is 9.99 Å². The molecule has 7 heteroatoms. The smallest absolute Gasteiger partial charge is 0.289 e. The highest BCUT2D eigenvalue weighted by molar-refractivity contribution is 6.30. The quantitative estimate of drug-likeness (QED) is 0.698. The van der Waals surface area contributed by atoms with E-state index >= 15 is 0 Å². The average molecular weight is 342 g/mol. The van der Waals surface area contributed by atoms with Gasteiger partial charge in [0.05, 0.1) is 0 Å². The second-order valence-electron chi connectivity index (χ2n) is 5.19. The van der Waals surface area contributed by atoms with Gasteiger partial charge in [-0.15, -0.1) is 0 Å². The van der Waals surface area contributed by atoms with Gasteiger partial charge in [0.1, 0.15) is 5.82 Å². The molecule has 0 saturated carbocycles. The summed E-state index contributed by atoms with van der Waals surface area (Å²) in [6.07, 6.45) is 0. The summed E-state index contributed by atoms with van der Waals surface area (Å²) in [6.45, 7) is 0.575. The fraction of sp³-hybridized carbons (Fsp3) is 0.118. The molecule has 3 rings (SSSR count). The van der Waals surface area contributed by atoms with Crippen LogP contribution in [0, 0.1) is 0 Å². The third kappa shape index (κ3) is 3.79. The summed E-state index contributed by atoms with van der Waals surface area (Å²) >= 11 is 6.02. The molecule has 2 N–H and O–H groups in total. The maximum absolute atomic E-state index is 12.1. The van der Waals surface area contributed by atoms with E-state index in [9.17, 15) is 4.79 Å². The lowest BCUT2D eigenvalue weighted by atomic mass is 10.2. The number of benzene rings is 2. The van der Waals surface area contributed by atoms with Crippen molar-refractivity contribution in [3.8, 4) is 11.4 Å². The second-order valence-corrected chi connectivity index (χ2v) is 5.62. The van der Waals surface area contributed by atoms with E-state index in [2.05, 4.69) is 20.8 Å². The SMILES string of the molecule is Cn1c(-c2cccc(Cl)c2)nc(NNCc2ccccc2)nc1=O. The maximum atomic E-state index is 12.1. The van der Waals surface area contributed by atoms with Crippen LogP contribution in [-0.2, 0) is 13.6 Å². The van der Waals surface area contributed by atoms with Crippen molar-refractivity contribution >= 4 is 17.5 Å². The number of hydrogen-bond donors (Lipinski definition) is 2. The summed E-state index contributed by atoms with van der Waals surface area (Å²) in [6, 6.07) is 17.0. The van der Waals surface area contributed by atoms with E-state index in [1.54, 1.807) is 19.2 Å². The summed E-state index contributed by atoms with van der Waals surface area (Å²) < 4.78 is 1.38. The van der Waals surface area contributed by atoms with Crippen LogP contribution >= 0.6 is 11.6 Å². The lowest BCUT2D eigenvalue weighted by molar-refractivity contribution is 0.747. The number of hydrogen-bond acceptors (Lipinski definition) is 5. The fourth-order valence-corrected chi connectivity index (χ4v) is 2.41. The van der Waals surface area contributed by atoms with E-state index in [1.807, 2.05) is 42.5 Å². The summed E-state index contributed by atoms with van der Waals surface area (Å²) in [4.78, 5) is 20.4. The molecule has 0 radical (unpaired) electrons. The third-order valence-electron chi connectivity index (χ3n) is 3.44. The highest BCUT2D eigenvalue weighted by atomic mass is 35.5. The molecule has 0 fully saturated rings. The number of hydrazine groups is 1. The van der Waals surface area contributed by atoms with Gasteiger partial charge in [-0.05, 0) is 17.7 Å². The molecule has 2 aromatic carbocycles. The Morgan fingerprint density at radius 3 is 2.62 bits per heavy atom. The zero-order valence-corrected chi connectivity index (χ0v) is 13.8. The average Bonchev–Trinajstić information content (AvgIpc) is 2.59. The van der Waals surface area contributed by atoms with Crippen LogP contribution in [0.15, 0.2) is 59.4 Å². The molecule has 0 aliphatic carbocycles. The van der Waals surface area contributed by atoms with Crippen LogP contribution in [0.1, 0.15) is 5.56 Å². The molecule has 0 aliphatic rings. The third-order valence-corrected chi connectivity index (χ3v) is 3.67. The zero-order valence-electron chi connectivity index (χ0n) is 13.0. The van der Waals surface area contributed by atoms with Crippen molar-refractivity contribution in [3.05, 3.63) is 75.7 Å². The Morgan fingerprint density at radius 1 is 1.08 bits per heavy atom. The molecule has 0 unspecified atom stereocenters. The molecule has 3 aromatic rings. The van der Waals surface area contributed by atoms with Crippen LogP contribution in [0.2, 0.25) is 5.02 Å². The Hall–Kier alpha value is -2.70. The summed E-state index contributed by atoms with van der Waals surface area (Å²) in [5.41, 5.74) is 7.32. The van der Waals surface area contributed by atoms with Gasteiger partial charge in [-0.1, -0.05) is 54.1 Å². The minimum Gasteiger partial charge on any atom is -0.289 e. The monoisotopic (exact) mass is 341 g/mol. The van der Waals surface area contributed by atoms with E-state index < -0.39 is 5.69 Å². The molecule has 122 valence electrons. The molecule has 0 bridgehead atoms. The van der Waals surface area contributed by atoms with Crippen molar-refractivity contribution in [1.82, 2.24) is 20.0 Å². The van der Waals surface area contributed by atoms with Crippen molar-refractivity contribution < 1.29 is 0 Å². The molecule has 0 atom stereocenters. The van der Waals surface area contributed by atoms with Gasteiger partial charge in [0.15, 0.2) is 0 Å². The molecule has 0 spiro atoms. The lowest BCUT2D eigenvalue weighted by Crippen LogP contribution is -2.29. The number of halogens is 1. The Morgan fingerprint density at radius 2 is 1.88 bits per heavy atom. The van der Waals surface area contributed by atoms with Gasteiger partial charge in [-0.2, -0.15) is 9.97 Å². The number of aromatic nitrogens is 3. The number of rotatable bonds is 5. The van der Waals surface area contributed by atoms with Crippen LogP contribution in [0.3, 0.4) is 0 Å². The number of nitrogens with zero attached hydrogens (tertiary/aromatic N) is 3. The molecule has 0 amide bonds. The summed E-state index contributed by atoms with van der Waals surface area (Å²) in [5.74, 6) is 0.700. The van der Waals surface area contributed by atoms with Gasteiger partial charge in [0.25, 0.3) is 0 Å². The van der Waals surface area contributed by atoms with Crippen molar-refractivity contribution in [2.75, 3.05) is 5.43 Å². The van der Waals surface area contributed by atoms with E-state index in [1.165, 1.54) is 4.57 Å². The summed E-state index contributed by atoms with van der Waals surface area (Å²) in [7, 11) is 1.62. The predicted octanol–water partition coefficient (Wildman–Crippen LogP) is 2.61. The van der Waals surface area contributed by atoms with Crippen LogP contribution in [-0.4, -0.2) is 14.5 Å². The first-order chi connectivity index (χ1) is 11.6. The van der Waals surface area contributed by atoms with E-state index in [4.69, 9.17) is 11.6 Å². The number of nitrogens with one attached hydrogen (secondary N) is 2. The van der Waals surface area contributed by atoms with E-state index in [0.717, 1.165) is 11.1 Å². The fourth-order valence-electron chi connectivity index (χ4n) is 2.22. The van der Waals surface area contributed by atoms with Crippen molar-refractivity contribution in [2.24, 2.45) is 7.05 Å². The van der Waals surface area contributed by atoms with Crippen LogP contribution < -0.4 is 16.5 Å². The van der Waals surface area contributed by atoms with Gasteiger partial charge >= 0.3 is 5.69 Å². The molecule has 1 heterocycles. The Labute approximate surface area is 144 Å². The summed E-state index contributed by atoms with van der Waals surface area (Å²) in [5, 5.41) is 0.579. The highest BCUT2D eigenvalue weighted by Crippen LogP contribution is 2.20. The largest absolute Gasteiger partial charge is 0.352 e. The predicted molar refractivity (Wildman–Crippen MR) is 94.6 cm³/mol. The van der Waals surface area contributed by atoms with Gasteiger partial charge in [-0.25, -0.2) is 10.2 Å². The van der Waals surface area contributed by atoms with Crippen LogP contribution in [0.25, 0.3) is 11.4 Å². The Kier molecular flexibility index (Phi) is 4.88. The van der Waals surface area contributed by atoms with Gasteiger partial charge in [0, 0.05) is 24.2 Å². The molecular formula is C17H16ClN5O. The number of anilines is 1. The standard InChI is InChI=1S/C17H16ClN5O/c1-23-15(13-8-5-9-14(18)10-13)20-16(21-17(23)24)22-19-11-12-6-3-2-4-7-12/h2-10,19H,11H2,1H3,(H,21,22,24). The van der Waals surface area contributed by atoms with Crippen LogP contribution in [0.5, 0.6) is 0 Å². The molecular weight excluding hydrogens is 326 g/mol. The first-order valence-electron chi connectivity index (χ1n) is 7.37. The van der Waals surface area contributed by atoms with Gasteiger partial charge in [0.2, 0.25) is 5.95 Å². The maximum Gasteiger partial charge on any atom is 0.352 e. The Balaban J connectivity index is 1.81. The molecule has 0 aliphatic heterocycles. The van der Waals surface area contributed by atoms with E-state index in [-0.39, 0.29) is 5.95 Å². The van der Waals surface area contributed by atoms with Crippen molar-refractivity contribution in [1.29, 1.82) is 0 Å². The molecule has 6 nitrogen and oxygen atoms in total. The second kappa shape index (κ2) is 7.25. The normalized spacial score (nSPS) is 10.6. The topological polar surface area (TPSA) is 71.8 Å². The first-order valence-corrected chi connectivity index (χ1v) is 7.75.